The molecule has 43 heavy (non-hydrogen) atoms. The van der Waals surface area contributed by atoms with Crippen LogP contribution in [0.1, 0.15) is 44.5 Å². The number of halogens is 3. The molecule has 3 aromatic heterocycles. The van der Waals surface area contributed by atoms with Gasteiger partial charge in [0.15, 0.2) is 11.2 Å². The molecule has 0 aliphatic heterocycles. The summed E-state index contributed by atoms with van der Waals surface area (Å²) in [5.74, 6) is -1.91. The molecule has 230 valence electrons. The number of nitrogens with two attached hydrogens (primary N) is 1. The summed E-state index contributed by atoms with van der Waals surface area (Å²) in [6.07, 6.45) is 0.735. The minimum atomic E-state index is -5.28. The van der Waals surface area contributed by atoms with Crippen LogP contribution in [0.4, 0.5) is 13.2 Å². The zero-order valence-electron chi connectivity index (χ0n) is 23.8. The van der Waals surface area contributed by atoms with Crippen molar-refractivity contribution in [1.29, 1.82) is 0 Å². The fourth-order valence-electron chi connectivity index (χ4n) is 5.08. The molecule has 1 fully saturated rings. The highest BCUT2D eigenvalue weighted by Gasteiger charge is 2.42. The van der Waals surface area contributed by atoms with Crippen LogP contribution in [0.5, 0.6) is 6.01 Å². The normalized spacial score (nSPS) is 17.5. The molecule has 1 aromatic carbocycles. The van der Waals surface area contributed by atoms with Gasteiger partial charge in [-0.15, -0.1) is 23.1 Å². The van der Waals surface area contributed by atoms with Crippen LogP contribution in [0, 0.1) is 5.92 Å². The van der Waals surface area contributed by atoms with Crippen LogP contribution in [0.2, 0.25) is 0 Å². The number of nitrogens with zero attached hydrogens (tertiary/aromatic N) is 5. The Hall–Kier alpha value is -3.43. The SMILES string of the molecule is CC(C)=CCn1c(OC(=O)C(F)(F)F)nc2c1c(=O)n(Cc1nc3cccc(SC4CCC(CN)CC4)c3s1)c(=O)n2C. The summed E-state index contributed by atoms with van der Waals surface area (Å²) < 4.78 is 47.5. The van der Waals surface area contributed by atoms with Gasteiger partial charge in [0.05, 0.1) is 16.8 Å². The van der Waals surface area contributed by atoms with E-state index in [4.69, 9.17) is 5.73 Å². The number of esters is 1. The van der Waals surface area contributed by atoms with Crippen LogP contribution in [0.3, 0.4) is 0 Å². The predicted molar refractivity (Wildman–Crippen MR) is 160 cm³/mol. The monoisotopic (exact) mass is 636 g/mol. The molecule has 3 heterocycles. The second-order valence-electron chi connectivity index (χ2n) is 10.8. The average Bonchev–Trinajstić information content (AvgIpc) is 3.54. The summed E-state index contributed by atoms with van der Waals surface area (Å²) in [5, 5.41) is 0.991. The van der Waals surface area contributed by atoms with Gasteiger partial charge in [0, 0.05) is 23.7 Å². The number of allylic oxidation sites excluding steroid dienone is 2. The fourth-order valence-corrected chi connectivity index (χ4v) is 7.55. The number of thioether (sulfide) groups is 1. The number of hydrogen-bond donors (Lipinski definition) is 1. The molecule has 0 radical (unpaired) electrons. The number of benzene rings is 1. The lowest BCUT2D eigenvalue weighted by Gasteiger charge is -2.27. The first kappa shape index (κ1) is 31.0. The number of aryl methyl sites for hydroxylation is 1. The van der Waals surface area contributed by atoms with Crippen molar-refractivity contribution in [3.8, 4) is 6.01 Å². The van der Waals surface area contributed by atoms with Crippen molar-refractivity contribution in [2.24, 2.45) is 18.7 Å². The number of thiazole rings is 1. The van der Waals surface area contributed by atoms with Gasteiger partial charge >= 0.3 is 23.8 Å². The molecule has 0 amide bonds. The molecule has 0 spiro atoms. The number of imidazole rings is 1. The molecule has 2 N–H and O–H groups in total. The first-order valence-electron chi connectivity index (χ1n) is 13.7. The summed E-state index contributed by atoms with van der Waals surface area (Å²) in [6.45, 7) is 3.98. The summed E-state index contributed by atoms with van der Waals surface area (Å²) in [6, 6.07) is 5.13. The standard InChI is InChI=1S/C28H31F3N6O4S2/c1-15(2)11-12-36-21-23(34-26(36)41-25(39)28(29,30)31)35(3)27(40)37(24(21)38)14-20-33-18-5-4-6-19(22(18)43-20)42-17-9-7-16(13-32)8-10-17/h4-6,11,16-17H,7-10,12-14,32H2,1-3H3. The summed E-state index contributed by atoms with van der Waals surface area (Å²) in [4.78, 5) is 48.4. The van der Waals surface area contributed by atoms with Crippen LogP contribution in [-0.4, -0.2) is 47.6 Å². The van der Waals surface area contributed by atoms with E-state index in [2.05, 4.69) is 14.7 Å². The highest BCUT2D eigenvalue weighted by atomic mass is 32.2. The van der Waals surface area contributed by atoms with E-state index in [0.717, 1.165) is 60.1 Å². The smallest absolute Gasteiger partial charge is 0.385 e. The van der Waals surface area contributed by atoms with Gasteiger partial charge in [-0.1, -0.05) is 17.7 Å². The molecular weight excluding hydrogens is 605 g/mol. The number of rotatable bonds is 8. The largest absolute Gasteiger partial charge is 0.491 e. The number of hydrogen-bond acceptors (Lipinski definition) is 9. The molecule has 0 atom stereocenters. The Bertz CT molecular complexity index is 1830. The number of aromatic nitrogens is 5. The Morgan fingerprint density at radius 2 is 1.88 bits per heavy atom. The van der Waals surface area contributed by atoms with Gasteiger partial charge < -0.3 is 10.5 Å². The summed E-state index contributed by atoms with van der Waals surface area (Å²) >= 11 is 3.20. The molecule has 0 unspecified atom stereocenters. The molecule has 5 rings (SSSR count). The van der Waals surface area contributed by atoms with Crippen molar-refractivity contribution in [2.75, 3.05) is 6.54 Å². The Balaban J connectivity index is 1.53. The molecule has 10 nitrogen and oxygen atoms in total. The fraction of sp³-hybridized carbons (Fsp3) is 0.464. The number of carbonyl (C=O) groups is 1. The molecule has 1 aliphatic rings. The van der Waals surface area contributed by atoms with Crippen LogP contribution >= 0.6 is 23.1 Å². The third-order valence-electron chi connectivity index (χ3n) is 7.43. The van der Waals surface area contributed by atoms with Crippen molar-refractivity contribution in [1.82, 2.24) is 23.7 Å². The molecule has 4 aromatic rings. The van der Waals surface area contributed by atoms with Crippen LogP contribution in [0.25, 0.3) is 21.4 Å². The van der Waals surface area contributed by atoms with E-state index in [1.165, 1.54) is 18.4 Å². The van der Waals surface area contributed by atoms with Gasteiger partial charge in [-0.2, -0.15) is 18.2 Å². The molecular formula is C28H31F3N6O4S2. The number of carbonyl (C=O) groups excluding carboxylic acids is 1. The van der Waals surface area contributed by atoms with E-state index in [9.17, 15) is 27.6 Å². The maximum atomic E-state index is 13.7. The van der Waals surface area contributed by atoms with Gasteiger partial charge in [0.1, 0.15) is 5.01 Å². The van der Waals surface area contributed by atoms with Gasteiger partial charge in [-0.05, 0) is 64.1 Å². The molecule has 1 aliphatic carbocycles. The van der Waals surface area contributed by atoms with Gasteiger partial charge in [0.25, 0.3) is 5.56 Å². The lowest BCUT2D eigenvalue weighted by Crippen LogP contribution is -2.40. The Morgan fingerprint density at radius 1 is 1.16 bits per heavy atom. The van der Waals surface area contributed by atoms with E-state index in [1.807, 2.05) is 30.0 Å². The van der Waals surface area contributed by atoms with E-state index < -0.39 is 29.4 Å². The lowest BCUT2D eigenvalue weighted by atomic mass is 9.89. The van der Waals surface area contributed by atoms with Crippen LogP contribution < -0.4 is 21.7 Å². The van der Waals surface area contributed by atoms with Gasteiger partial charge in [-0.25, -0.2) is 14.6 Å². The predicted octanol–water partition coefficient (Wildman–Crippen LogP) is 4.60. The third-order valence-corrected chi connectivity index (χ3v) is 10.0. The first-order chi connectivity index (χ1) is 20.4. The molecule has 0 bridgehead atoms. The minimum absolute atomic E-state index is 0.109. The minimum Gasteiger partial charge on any atom is -0.385 e. The second-order valence-corrected chi connectivity index (χ2v) is 13.2. The zero-order valence-corrected chi connectivity index (χ0v) is 25.4. The van der Waals surface area contributed by atoms with Crippen molar-refractivity contribution >= 4 is 50.4 Å². The number of fused-ring (bicyclic) bond motifs is 2. The second kappa shape index (κ2) is 12.3. The third kappa shape index (κ3) is 6.43. The Labute approximate surface area is 252 Å². The van der Waals surface area contributed by atoms with Crippen molar-refractivity contribution < 1.29 is 22.7 Å². The Morgan fingerprint density at radius 3 is 2.53 bits per heavy atom. The van der Waals surface area contributed by atoms with E-state index in [-0.39, 0.29) is 24.3 Å². The van der Waals surface area contributed by atoms with Crippen LogP contribution in [-0.2, 0) is 24.9 Å². The highest BCUT2D eigenvalue weighted by molar-refractivity contribution is 8.00. The van der Waals surface area contributed by atoms with Crippen LogP contribution in [0.15, 0.2) is 44.3 Å². The maximum absolute atomic E-state index is 13.7. The topological polar surface area (TPSA) is 127 Å². The quantitative estimate of drug-likeness (QED) is 0.220. The average molecular weight is 637 g/mol. The lowest BCUT2D eigenvalue weighted by molar-refractivity contribution is -0.190. The number of ether oxygens (including phenoxy) is 1. The van der Waals surface area contributed by atoms with Crippen molar-refractivity contribution in [3.63, 3.8) is 0 Å². The maximum Gasteiger partial charge on any atom is 0.491 e. The summed E-state index contributed by atoms with van der Waals surface area (Å²) in [5.41, 5.74) is 5.51. The number of alkyl halides is 3. The Kier molecular flexibility index (Phi) is 8.86. The first-order valence-corrected chi connectivity index (χ1v) is 15.4. The van der Waals surface area contributed by atoms with E-state index in [1.54, 1.807) is 19.9 Å². The van der Waals surface area contributed by atoms with Gasteiger partial charge in [0.2, 0.25) is 0 Å². The van der Waals surface area contributed by atoms with Gasteiger partial charge in [-0.3, -0.25) is 18.5 Å². The molecule has 15 heteroatoms. The molecule has 0 saturated heterocycles. The van der Waals surface area contributed by atoms with Crippen molar-refractivity contribution in [3.05, 3.63) is 55.7 Å². The highest BCUT2D eigenvalue weighted by Crippen LogP contribution is 2.40. The van der Waals surface area contributed by atoms with E-state index in [0.29, 0.717) is 22.7 Å². The van der Waals surface area contributed by atoms with Crippen molar-refractivity contribution in [2.45, 2.75) is 68.9 Å². The summed E-state index contributed by atoms with van der Waals surface area (Å²) in [7, 11) is 1.35. The van der Waals surface area contributed by atoms with E-state index >= 15 is 0 Å². The molecule has 1 saturated carbocycles. The zero-order chi connectivity index (χ0) is 31.1.